The molecule has 0 aromatic carbocycles. The Hall–Kier alpha value is -4.17. The fourth-order valence-electron chi connectivity index (χ4n) is 3.52. The van der Waals surface area contributed by atoms with Gasteiger partial charge in [0.05, 0.1) is 18.1 Å². The third-order valence-electron chi connectivity index (χ3n) is 5.04. The van der Waals surface area contributed by atoms with Crippen molar-refractivity contribution in [1.29, 1.82) is 5.26 Å². The van der Waals surface area contributed by atoms with Crippen molar-refractivity contribution >= 4 is 28.9 Å². The van der Waals surface area contributed by atoms with Gasteiger partial charge in [0, 0.05) is 36.2 Å². The van der Waals surface area contributed by atoms with Crippen molar-refractivity contribution in [2.45, 2.75) is 37.8 Å². The topological polar surface area (TPSA) is 167 Å². The van der Waals surface area contributed by atoms with Gasteiger partial charge in [-0.3, -0.25) is 9.78 Å². The highest BCUT2D eigenvalue weighted by Gasteiger charge is 2.23. The molecule has 11 heteroatoms. The van der Waals surface area contributed by atoms with Crippen LogP contribution in [0.2, 0.25) is 0 Å². The predicted octanol–water partition coefficient (Wildman–Crippen LogP) is 2.21. The number of aromatic nitrogens is 5. The molecule has 3 aromatic rings. The van der Waals surface area contributed by atoms with Gasteiger partial charge in [-0.1, -0.05) is 0 Å². The molecule has 0 radical (unpaired) electrons. The van der Waals surface area contributed by atoms with Gasteiger partial charge >= 0.3 is 0 Å². The van der Waals surface area contributed by atoms with Crippen LogP contribution in [0.4, 0.5) is 23.0 Å². The lowest BCUT2D eigenvalue weighted by molar-refractivity contribution is 0.102. The zero-order valence-electron chi connectivity index (χ0n) is 17.2. The lowest BCUT2D eigenvalue weighted by Gasteiger charge is -2.28. The highest BCUT2D eigenvalue weighted by Crippen LogP contribution is 2.25. The Morgan fingerprint density at radius 2 is 1.97 bits per heavy atom. The van der Waals surface area contributed by atoms with Crippen LogP contribution in [-0.4, -0.2) is 43.1 Å². The molecule has 162 valence electrons. The zero-order chi connectivity index (χ0) is 22.3. The number of hydrogen-bond acceptors (Lipinski definition) is 10. The van der Waals surface area contributed by atoms with Crippen LogP contribution in [0.1, 0.15) is 41.9 Å². The van der Waals surface area contributed by atoms with Crippen LogP contribution in [0.25, 0.3) is 0 Å². The monoisotopic (exact) mass is 430 g/mol. The lowest BCUT2D eigenvalue weighted by Crippen LogP contribution is -2.35. The average molecular weight is 430 g/mol. The molecular formula is C21H22N10O. The van der Waals surface area contributed by atoms with Gasteiger partial charge in [0.15, 0.2) is 17.2 Å². The first-order valence-electron chi connectivity index (χ1n) is 10.2. The van der Waals surface area contributed by atoms with Crippen LogP contribution in [0, 0.1) is 11.3 Å². The highest BCUT2D eigenvalue weighted by molar-refractivity contribution is 6.06. The molecule has 3 aromatic heterocycles. The first-order valence-corrected chi connectivity index (χ1v) is 10.2. The van der Waals surface area contributed by atoms with Crippen LogP contribution >= 0.6 is 0 Å². The van der Waals surface area contributed by atoms with Crippen LogP contribution < -0.4 is 21.7 Å². The van der Waals surface area contributed by atoms with Crippen LogP contribution in [-0.2, 0) is 0 Å². The number of nitriles is 1. The molecule has 2 unspecified atom stereocenters. The molecule has 1 aliphatic rings. The molecule has 5 N–H and O–H groups in total. The molecule has 3 heterocycles. The Balaban J connectivity index is 1.59. The van der Waals surface area contributed by atoms with E-state index in [0.29, 0.717) is 23.0 Å². The Kier molecular flexibility index (Phi) is 6.43. The normalized spacial score (nSPS) is 17.8. The maximum atomic E-state index is 12.9. The Bertz CT molecular complexity index is 1110. The third-order valence-corrected chi connectivity index (χ3v) is 5.04. The quantitative estimate of drug-likeness (QED) is 0.455. The van der Waals surface area contributed by atoms with Crippen molar-refractivity contribution in [3.63, 3.8) is 0 Å². The minimum Gasteiger partial charge on any atom is -0.380 e. The smallest absolute Gasteiger partial charge is 0.278 e. The minimum atomic E-state index is -0.393. The molecule has 1 saturated carbocycles. The second kappa shape index (κ2) is 9.76. The van der Waals surface area contributed by atoms with Gasteiger partial charge in [0.25, 0.3) is 5.91 Å². The molecule has 1 aliphatic carbocycles. The lowest BCUT2D eigenvalue weighted by atomic mass is 9.91. The van der Waals surface area contributed by atoms with Crippen molar-refractivity contribution in [2.75, 3.05) is 16.0 Å². The van der Waals surface area contributed by atoms with Gasteiger partial charge < -0.3 is 21.7 Å². The molecule has 0 aliphatic heterocycles. The summed E-state index contributed by atoms with van der Waals surface area (Å²) in [7, 11) is 0. The van der Waals surface area contributed by atoms with Gasteiger partial charge in [0.2, 0.25) is 0 Å². The SMILES string of the molecule is N#Cc1cnc(Nc2cc(NC3CCCC(N)C3)c(C(=O)Nc3ccncc3)nn2)cn1. The maximum Gasteiger partial charge on any atom is 0.278 e. The Morgan fingerprint density at radius 1 is 1.12 bits per heavy atom. The fraction of sp³-hybridized carbons (Fsp3) is 0.286. The van der Waals surface area contributed by atoms with Gasteiger partial charge in [-0.05, 0) is 37.8 Å². The van der Waals surface area contributed by atoms with E-state index in [0.717, 1.165) is 25.7 Å². The summed E-state index contributed by atoms with van der Waals surface area (Å²) in [5.74, 6) is 0.390. The van der Waals surface area contributed by atoms with Gasteiger partial charge in [0.1, 0.15) is 11.9 Å². The predicted molar refractivity (Wildman–Crippen MR) is 118 cm³/mol. The molecule has 1 amide bonds. The second-order valence-corrected chi connectivity index (χ2v) is 7.47. The van der Waals surface area contributed by atoms with Crippen molar-refractivity contribution in [1.82, 2.24) is 25.1 Å². The zero-order valence-corrected chi connectivity index (χ0v) is 17.2. The number of pyridine rings is 1. The minimum absolute atomic E-state index is 0.122. The summed E-state index contributed by atoms with van der Waals surface area (Å²) >= 11 is 0. The number of rotatable bonds is 6. The van der Waals surface area contributed by atoms with Crippen LogP contribution in [0.5, 0.6) is 0 Å². The molecular weight excluding hydrogens is 408 g/mol. The molecule has 32 heavy (non-hydrogen) atoms. The molecule has 11 nitrogen and oxygen atoms in total. The number of hydrogen-bond donors (Lipinski definition) is 4. The van der Waals surface area contributed by atoms with E-state index < -0.39 is 5.91 Å². The summed E-state index contributed by atoms with van der Waals surface area (Å²) in [6.45, 7) is 0. The molecule has 0 saturated heterocycles. The van der Waals surface area contributed by atoms with Crippen molar-refractivity contribution in [3.05, 3.63) is 54.4 Å². The number of nitrogens with one attached hydrogen (secondary N) is 3. The number of anilines is 4. The highest BCUT2D eigenvalue weighted by atomic mass is 16.2. The fourth-order valence-corrected chi connectivity index (χ4v) is 3.52. The van der Waals surface area contributed by atoms with E-state index in [2.05, 4.69) is 41.1 Å². The molecule has 0 spiro atoms. The first kappa shape index (κ1) is 21.1. The van der Waals surface area contributed by atoms with E-state index in [1.807, 2.05) is 6.07 Å². The van der Waals surface area contributed by atoms with E-state index in [-0.39, 0.29) is 23.5 Å². The summed E-state index contributed by atoms with van der Waals surface area (Å²) in [5, 5.41) is 26.4. The van der Waals surface area contributed by atoms with E-state index in [1.54, 1.807) is 30.6 Å². The van der Waals surface area contributed by atoms with Crippen molar-refractivity contribution < 1.29 is 4.79 Å². The summed E-state index contributed by atoms with van der Waals surface area (Å²) < 4.78 is 0. The van der Waals surface area contributed by atoms with Crippen molar-refractivity contribution in [2.24, 2.45) is 5.73 Å². The number of amides is 1. The van der Waals surface area contributed by atoms with Crippen molar-refractivity contribution in [3.8, 4) is 6.07 Å². The number of carbonyl (C=O) groups is 1. The van der Waals surface area contributed by atoms with Crippen LogP contribution in [0.3, 0.4) is 0 Å². The molecule has 4 rings (SSSR count). The maximum absolute atomic E-state index is 12.9. The second-order valence-electron chi connectivity index (χ2n) is 7.47. The summed E-state index contributed by atoms with van der Waals surface area (Å²) in [6.07, 6.45) is 9.73. The summed E-state index contributed by atoms with van der Waals surface area (Å²) in [5.41, 5.74) is 7.65. The number of carbonyl (C=O) groups excluding carboxylic acids is 1. The summed E-state index contributed by atoms with van der Waals surface area (Å²) in [4.78, 5) is 25.0. The third kappa shape index (κ3) is 5.30. The largest absolute Gasteiger partial charge is 0.380 e. The summed E-state index contributed by atoms with van der Waals surface area (Å²) in [6, 6.07) is 7.25. The molecule has 1 fully saturated rings. The van der Waals surface area contributed by atoms with E-state index in [1.165, 1.54) is 12.4 Å². The number of nitrogens with zero attached hydrogens (tertiary/aromatic N) is 6. The standard InChI is InChI=1S/C21H22N10O/c22-10-16-11-26-19(12-25-16)29-18-9-17(27-15-3-1-2-13(23)8-15)20(31-30-18)21(32)28-14-4-6-24-7-5-14/h4-7,9,11-13,15H,1-3,8,23H2,(H,24,28,32)(H2,26,27,29,30). The van der Waals surface area contributed by atoms with Gasteiger partial charge in [-0.15, -0.1) is 10.2 Å². The Labute approximate surface area is 184 Å². The van der Waals surface area contributed by atoms with Gasteiger partial charge in [-0.2, -0.15) is 5.26 Å². The molecule has 2 atom stereocenters. The Morgan fingerprint density at radius 3 is 2.69 bits per heavy atom. The first-order chi connectivity index (χ1) is 15.6. The molecule has 0 bridgehead atoms. The van der Waals surface area contributed by atoms with Gasteiger partial charge in [-0.25, -0.2) is 9.97 Å². The van der Waals surface area contributed by atoms with E-state index >= 15 is 0 Å². The van der Waals surface area contributed by atoms with E-state index in [9.17, 15) is 4.79 Å². The average Bonchev–Trinajstić information content (AvgIpc) is 2.80. The number of nitrogens with two attached hydrogens (primary N) is 1. The van der Waals surface area contributed by atoms with Crippen LogP contribution in [0.15, 0.2) is 43.0 Å². The van der Waals surface area contributed by atoms with E-state index in [4.69, 9.17) is 11.0 Å².